The van der Waals surface area contributed by atoms with Crippen LogP contribution in [0.4, 0.5) is 10.1 Å². The Morgan fingerprint density at radius 2 is 2.15 bits per heavy atom. The van der Waals surface area contributed by atoms with Crippen LogP contribution in [-0.2, 0) is 4.79 Å². The van der Waals surface area contributed by atoms with E-state index in [4.69, 9.17) is 5.73 Å². The number of anilines is 1. The van der Waals surface area contributed by atoms with Crippen LogP contribution in [0.1, 0.15) is 6.92 Å². The Morgan fingerprint density at radius 1 is 1.54 bits per heavy atom. The Balaban J connectivity index is 2.75. The maximum Gasteiger partial charge on any atom is 0.241 e. The van der Waals surface area contributed by atoms with Gasteiger partial charge in [0.05, 0.1) is 11.7 Å². The van der Waals surface area contributed by atoms with Gasteiger partial charge in [0.1, 0.15) is 5.82 Å². The molecule has 0 aliphatic heterocycles. The van der Waals surface area contributed by atoms with Crippen molar-refractivity contribution in [2.24, 2.45) is 5.73 Å². The molecule has 4 heteroatoms. The number of nitrogens with one attached hydrogen (secondary N) is 1. The number of rotatable bonds is 2. The molecule has 0 aliphatic rings. The predicted molar refractivity (Wildman–Crippen MR) is 48.7 cm³/mol. The molecule has 0 saturated heterocycles. The van der Waals surface area contributed by atoms with Crippen LogP contribution >= 0.6 is 0 Å². The lowest BCUT2D eigenvalue weighted by Crippen LogP contribution is -2.32. The third-order valence-electron chi connectivity index (χ3n) is 1.55. The van der Waals surface area contributed by atoms with Crippen LogP contribution in [0.25, 0.3) is 0 Å². The summed E-state index contributed by atoms with van der Waals surface area (Å²) in [7, 11) is 0. The van der Waals surface area contributed by atoms with E-state index in [0.29, 0.717) is 0 Å². The Morgan fingerprint density at radius 3 is 2.69 bits per heavy atom. The van der Waals surface area contributed by atoms with Gasteiger partial charge >= 0.3 is 0 Å². The van der Waals surface area contributed by atoms with Crippen molar-refractivity contribution in [2.45, 2.75) is 13.0 Å². The van der Waals surface area contributed by atoms with E-state index in [9.17, 15) is 9.18 Å². The third-order valence-corrected chi connectivity index (χ3v) is 1.55. The zero-order valence-electron chi connectivity index (χ0n) is 7.25. The van der Waals surface area contributed by atoms with Crippen LogP contribution in [0.3, 0.4) is 0 Å². The van der Waals surface area contributed by atoms with Gasteiger partial charge in [0.2, 0.25) is 5.91 Å². The summed E-state index contributed by atoms with van der Waals surface area (Å²) in [5, 5.41) is 2.37. The molecule has 0 radical (unpaired) electrons. The number of nitrogens with two attached hydrogens (primary N) is 1. The zero-order chi connectivity index (χ0) is 9.84. The van der Waals surface area contributed by atoms with Crippen LogP contribution < -0.4 is 11.1 Å². The highest BCUT2D eigenvalue weighted by Crippen LogP contribution is 2.12. The molecule has 0 heterocycles. The number of benzene rings is 1. The van der Waals surface area contributed by atoms with Crippen LogP contribution in [0.15, 0.2) is 24.3 Å². The number of halogens is 1. The van der Waals surface area contributed by atoms with Gasteiger partial charge in [-0.25, -0.2) is 4.39 Å². The summed E-state index contributed by atoms with van der Waals surface area (Å²) < 4.78 is 13.0. The zero-order valence-corrected chi connectivity index (χ0v) is 7.25. The van der Waals surface area contributed by atoms with Gasteiger partial charge in [-0.1, -0.05) is 12.1 Å². The molecule has 3 nitrogen and oxygen atoms in total. The molecule has 1 atom stereocenters. The molecule has 1 aromatic carbocycles. The van der Waals surface area contributed by atoms with Crippen molar-refractivity contribution < 1.29 is 9.18 Å². The lowest BCUT2D eigenvalue weighted by atomic mass is 10.3. The largest absolute Gasteiger partial charge is 0.322 e. The molecule has 3 N–H and O–H groups in total. The summed E-state index contributed by atoms with van der Waals surface area (Å²) in [5.41, 5.74) is 5.46. The van der Waals surface area contributed by atoms with E-state index in [2.05, 4.69) is 5.32 Å². The van der Waals surface area contributed by atoms with Crippen molar-refractivity contribution in [1.29, 1.82) is 0 Å². The molecule has 1 amide bonds. The van der Waals surface area contributed by atoms with Crippen LogP contribution in [0.2, 0.25) is 0 Å². The first-order valence-electron chi connectivity index (χ1n) is 3.92. The monoisotopic (exact) mass is 182 g/mol. The molecule has 70 valence electrons. The van der Waals surface area contributed by atoms with E-state index in [1.165, 1.54) is 19.1 Å². The molecule has 13 heavy (non-hydrogen) atoms. The second-order valence-electron chi connectivity index (χ2n) is 2.76. The van der Waals surface area contributed by atoms with Gasteiger partial charge in [-0.2, -0.15) is 0 Å². The fourth-order valence-corrected chi connectivity index (χ4v) is 0.809. The normalized spacial score (nSPS) is 12.2. The lowest BCUT2D eigenvalue weighted by molar-refractivity contribution is -0.117. The first-order valence-corrected chi connectivity index (χ1v) is 3.92. The Bertz CT molecular complexity index is 312. The molecule has 0 aliphatic carbocycles. The van der Waals surface area contributed by atoms with E-state index in [0.717, 1.165) is 0 Å². The third kappa shape index (κ3) is 2.52. The quantitative estimate of drug-likeness (QED) is 0.719. The summed E-state index contributed by atoms with van der Waals surface area (Å²) in [4.78, 5) is 11.1. The summed E-state index contributed by atoms with van der Waals surface area (Å²) in [6.45, 7) is 1.54. The Labute approximate surface area is 75.7 Å². The standard InChI is InChI=1S/C9H11FN2O/c1-6(11)9(13)12-8-5-3-2-4-7(8)10/h2-6H,11H2,1H3,(H,12,13)/t6-/m1/s1. The second kappa shape index (κ2) is 4.00. The Kier molecular flexibility index (Phi) is 2.97. The smallest absolute Gasteiger partial charge is 0.241 e. The summed E-state index contributed by atoms with van der Waals surface area (Å²) in [6, 6.07) is 5.31. The minimum atomic E-state index is -0.639. The SMILES string of the molecule is C[C@@H](N)C(=O)Nc1ccccc1F. The molecule has 0 saturated carbocycles. The minimum absolute atomic E-state index is 0.157. The van der Waals surface area contributed by atoms with Gasteiger partial charge < -0.3 is 11.1 Å². The van der Waals surface area contributed by atoms with E-state index in [1.54, 1.807) is 12.1 Å². The van der Waals surface area contributed by atoms with E-state index < -0.39 is 17.8 Å². The van der Waals surface area contributed by atoms with Gasteiger partial charge in [-0.05, 0) is 19.1 Å². The molecule has 1 aromatic rings. The van der Waals surface area contributed by atoms with Gasteiger partial charge in [0.25, 0.3) is 0 Å². The average molecular weight is 182 g/mol. The summed E-state index contributed by atoms with van der Waals surface area (Å²) in [6.07, 6.45) is 0. The fourth-order valence-electron chi connectivity index (χ4n) is 0.809. The number of amides is 1. The molecular weight excluding hydrogens is 171 g/mol. The highest BCUT2D eigenvalue weighted by atomic mass is 19.1. The highest BCUT2D eigenvalue weighted by Gasteiger charge is 2.09. The van der Waals surface area contributed by atoms with Gasteiger partial charge in [0, 0.05) is 0 Å². The first-order chi connectivity index (χ1) is 6.11. The van der Waals surface area contributed by atoms with Gasteiger partial charge in [-0.3, -0.25) is 4.79 Å². The number of para-hydroxylation sites is 1. The topological polar surface area (TPSA) is 55.1 Å². The summed E-state index contributed by atoms with van der Waals surface area (Å²) >= 11 is 0. The Hall–Kier alpha value is -1.42. The average Bonchev–Trinajstić information content (AvgIpc) is 2.08. The van der Waals surface area contributed by atoms with Crippen molar-refractivity contribution in [1.82, 2.24) is 0 Å². The molecule has 0 bridgehead atoms. The van der Waals surface area contributed by atoms with E-state index >= 15 is 0 Å². The lowest BCUT2D eigenvalue weighted by Gasteiger charge is -2.07. The maximum atomic E-state index is 13.0. The minimum Gasteiger partial charge on any atom is -0.322 e. The first kappa shape index (κ1) is 9.67. The van der Waals surface area contributed by atoms with Crippen molar-refractivity contribution in [2.75, 3.05) is 5.32 Å². The fraction of sp³-hybridized carbons (Fsp3) is 0.222. The molecule has 0 unspecified atom stereocenters. The molecule has 0 fully saturated rings. The molecular formula is C9H11FN2O. The van der Waals surface area contributed by atoms with Crippen molar-refractivity contribution >= 4 is 11.6 Å². The van der Waals surface area contributed by atoms with E-state index in [-0.39, 0.29) is 5.69 Å². The number of hydrogen-bond donors (Lipinski definition) is 2. The van der Waals surface area contributed by atoms with Crippen LogP contribution in [0, 0.1) is 5.82 Å². The number of hydrogen-bond acceptors (Lipinski definition) is 2. The van der Waals surface area contributed by atoms with Gasteiger partial charge in [-0.15, -0.1) is 0 Å². The predicted octanol–water partition coefficient (Wildman–Crippen LogP) is 1.11. The maximum absolute atomic E-state index is 13.0. The van der Waals surface area contributed by atoms with Crippen LogP contribution in [-0.4, -0.2) is 11.9 Å². The highest BCUT2D eigenvalue weighted by molar-refractivity contribution is 5.94. The van der Waals surface area contributed by atoms with Crippen LogP contribution in [0.5, 0.6) is 0 Å². The summed E-state index contributed by atoms with van der Waals surface area (Å²) in [5.74, 6) is -0.860. The van der Waals surface area contributed by atoms with Crippen molar-refractivity contribution in [3.05, 3.63) is 30.1 Å². The van der Waals surface area contributed by atoms with Gasteiger partial charge in [0.15, 0.2) is 0 Å². The van der Waals surface area contributed by atoms with E-state index in [1.807, 2.05) is 0 Å². The molecule has 1 rings (SSSR count). The molecule has 0 aromatic heterocycles. The second-order valence-corrected chi connectivity index (χ2v) is 2.76. The number of carbonyl (C=O) groups is 1. The number of carbonyl (C=O) groups excluding carboxylic acids is 1. The van der Waals surface area contributed by atoms with Crippen molar-refractivity contribution in [3.63, 3.8) is 0 Å². The van der Waals surface area contributed by atoms with Crippen molar-refractivity contribution in [3.8, 4) is 0 Å². The molecule has 0 spiro atoms.